The second-order valence-corrected chi connectivity index (χ2v) is 5.35. The van der Waals surface area contributed by atoms with Crippen LogP contribution in [-0.2, 0) is 14.3 Å². The average Bonchev–Trinajstić information content (AvgIpc) is 2.36. The minimum Gasteiger partial charge on any atom is -0.466 e. The lowest BCUT2D eigenvalue weighted by molar-refractivity contribution is -0.144. The molecule has 19 heavy (non-hydrogen) atoms. The van der Waals surface area contributed by atoms with Gasteiger partial charge in [0.05, 0.1) is 6.61 Å². The fraction of sp³-hybridized carbons (Fsp3) is 0.867. The molecule has 0 spiro atoms. The van der Waals surface area contributed by atoms with Crippen molar-refractivity contribution in [3.05, 3.63) is 0 Å². The van der Waals surface area contributed by atoms with Crippen LogP contribution in [0.4, 0.5) is 0 Å². The van der Waals surface area contributed by atoms with Gasteiger partial charge in [-0.2, -0.15) is 0 Å². The molecule has 0 aliphatic heterocycles. The third kappa shape index (κ3) is 7.85. The van der Waals surface area contributed by atoms with Crippen LogP contribution in [0.1, 0.15) is 53.9 Å². The molecule has 0 aromatic heterocycles. The topological polar surface area (TPSA) is 46.6 Å². The second kappa shape index (κ2) is 9.82. The van der Waals surface area contributed by atoms with E-state index in [-0.39, 0.29) is 17.8 Å². The first-order valence-electron chi connectivity index (χ1n) is 7.36. The van der Waals surface area contributed by atoms with Crippen molar-refractivity contribution in [1.29, 1.82) is 0 Å². The quantitative estimate of drug-likeness (QED) is 0.606. The normalized spacial score (nSPS) is 12.3. The lowest BCUT2D eigenvalue weighted by atomic mass is 10.0. The highest BCUT2D eigenvalue weighted by atomic mass is 16.5. The lowest BCUT2D eigenvalue weighted by Crippen LogP contribution is -2.35. The van der Waals surface area contributed by atoms with E-state index in [2.05, 4.69) is 13.8 Å². The van der Waals surface area contributed by atoms with Gasteiger partial charge in [0.2, 0.25) is 5.91 Å². The highest BCUT2D eigenvalue weighted by Crippen LogP contribution is 2.11. The first-order chi connectivity index (χ1) is 8.92. The van der Waals surface area contributed by atoms with E-state index in [4.69, 9.17) is 4.74 Å². The molecule has 0 fully saturated rings. The maximum absolute atomic E-state index is 12.0. The summed E-state index contributed by atoms with van der Waals surface area (Å²) < 4.78 is 5.13. The second-order valence-electron chi connectivity index (χ2n) is 5.35. The summed E-state index contributed by atoms with van der Waals surface area (Å²) in [7, 11) is 0. The highest BCUT2D eigenvalue weighted by molar-refractivity contribution is 5.79. The van der Waals surface area contributed by atoms with Crippen molar-refractivity contribution in [2.45, 2.75) is 53.9 Å². The molecule has 0 radical (unpaired) electrons. The van der Waals surface area contributed by atoms with Gasteiger partial charge >= 0.3 is 5.97 Å². The van der Waals surface area contributed by atoms with E-state index in [1.807, 2.05) is 20.8 Å². The van der Waals surface area contributed by atoms with Gasteiger partial charge in [0.15, 0.2) is 0 Å². The van der Waals surface area contributed by atoms with E-state index in [9.17, 15) is 9.59 Å². The molecule has 0 saturated heterocycles. The Bertz CT molecular complexity index is 273. The maximum Gasteiger partial charge on any atom is 0.305 e. The smallest absolute Gasteiger partial charge is 0.305 e. The van der Waals surface area contributed by atoms with E-state index in [1.54, 1.807) is 4.90 Å². The van der Waals surface area contributed by atoms with Crippen molar-refractivity contribution in [2.24, 2.45) is 11.8 Å². The number of amides is 1. The van der Waals surface area contributed by atoms with Gasteiger partial charge in [0, 0.05) is 25.4 Å². The van der Waals surface area contributed by atoms with Crippen LogP contribution in [0.25, 0.3) is 0 Å². The van der Waals surface area contributed by atoms with Gasteiger partial charge in [0.1, 0.15) is 0 Å². The first kappa shape index (κ1) is 17.9. The van der Waals surface area contributed by atoms with Gasteiger partial charge in [-0.15, -0.1) is 0 Å². The molecule has 4 nitrogen and oxygen atoms in total. The Morgan fingerprint density at radius 1 is 1.05 bits per heavy atom. The van der Waals surface area contributed by atoms with Crippen molar-refractivity contribution in [3.8, 4) is 0 Å². The number of hydrogen-bond acceptors (Lipinski definition) is 3. The molecule has 4 heteroatoms. The van der Waals surface area contributed by atoms with Crippen molar-refractivity contribution >= 4 is 11.9 Å². The molecule has 0 bridgehead atoms. The Balaban J connectivity index is 3.91. The fourth-order valence-corrected chi connectivity index (χ4v) is 1.79. The zero-order valence-electron chi connectivity index (χ0n) is 13.1. The van der Waals surface area contributed by atoms with Crippen LogP contribution < -0.4 is 0 Å². The Kier molecular flexibility index (Phi) is 9.27. The minimum atomic E-state index is -0.195. The molecule has 1 atom stereocenters. The maximum atomic E-state index is 12.0. The molecule has 1 amide bonds. The van der Waals surface area contributed by atoms with Gasteiger partial charge in [-0.25, -0.2) is 0 Å². The Morgan fingerprint density at radius 2 is 1.63 bits per heavy atom. The zero-order valence-corrected chi connectivity index (χ0v) is 13.1. The van der Waals surface area contributed by atoms with Crippen LogP contribution in [-0.4, -0.2) is 36.5 Å². The van der Waals surface area contributed by atoms with Crippen molar-refractivity contribution < 1.29 is 14.3 Å². The van der Waals surface area contributed by atoms with Crippen LogP contribution in [0, 0.1) is 11.8 Å². The predicted octanol–water partition coefficient (Wildman–Crippen LogP) is 2.86. The number of nitrogens with zero attached hydrogens (tertiary/aromatic N) is 1. The summed E-state index contributed by atoms with van der Waals surface area (Å²) in [5.41, 5.74) is 0. The SMILES string of the molecule is CCN(CC)C(=O)C(C)CCC(=O)OCCC(C)C. The summed E-state index contributed by atoms with van der Waals surface area (Å²) in [4.78, 5) is 25.3. The van der Waals surface area contributed by atoms with Crippen molar-refractivity contribution in [3.63, 3.8) is 0 Å². The van der Waals surface area contributed by atoms with Gasteiger partial charge < -0.3 is 9.64 Å². The fourth-order valence-electron chi connectivity index (χ4n) is 1.79. The van der Waals surface area contributed by atoms with Gasteiger partial charge in [-0.05, 0) is 32.6 Å². The van der Waals surface area contributed by atoms with Gasteiger partial charge in [-0.3, -0.25) is 9.59 Å². The van der Waals surface area contributed by atoms with Crippen LogP contribution in [0.3, 0.4) is 0 Å². The van der Waals surface area contributed by atoms with Crippen LogP contribution in [0.15, 0.2) is 0 Å². The third-order valence-corrected chi connectivity index (χ3v) is 3.24. The van der Waals surface area contributed by atoms with Crippen LogP contribution >= 0.6 is 0 Å². The monoisotopic (exact) mass is 271 g/mol. The number of ether oxygens (including phenoxy) is 1. The standard InChI is InChI=1S/C15H29NO3/c1-6-16(7-2)15(18)13(5)8-9-14(17)19-11-10-12(3)4/h12-13H,6-11H2,1-5H3. The molecule has 0 aliphatic carbocycles. The summed E-state index contributed by atoms with van der Waals surface area (Å²) in [5, 5.41) is 0. The summed E-state index contributed by atoms with van der Waals surface area (Å²) in [6, 6.07) is 0. The predicted molar refractivity (Wildman–Crippen MR) is 76.7 cm³/mol. The number of carbonyl (C=O) groups is 2. The number of esters is 1. The molecule has 0 aromatic carbocycles. The number of carbonyl (C=O) groups excluding carboxylic acids is 2. The van der Waals surface area contributed by atoms with E-state index in [1.165, 1.54) is 0 Å². The summed E-state index contributed by atoms with van der Waals surface area (Å²) in [5.74, 6) is 0.355. The minimum absolute atomic E-state index is 0.113. The number of rotatable bonds is 9. The largest absolute Gasteiger partial charge is 0.466 e. The Labute approximate surface area is 117 Å². The average molecular weight is 271 g/mol. The van der Waals surface area contributed by atoms with Crippen molar-refractivity contribution in [2.75, 3.05) is 19.7 Å². The zero-order chi connectivity index (χ0) is 14.8. The molecular weight excluding hydrogens is 242 g/mol. The Morgan fingerprint density at radius 3 is 2.11 bits per heavy atom. The molecule has 0 heterocycles. The molecule has 1 unspecified atom stereocenters. The molecule has 0 aliphatic rings. The van der Waals surface area contributed by atoms with Crippen LogP contribution in [0.5, 0.6) is 0 Å². The van der Waals surface area contributed by atoms with Gasteiger partial charge in [-0.1, -0.05) is 20.8 Å². The molecule has 0 aromatic rings. The van der Waals surface area contributed by atoms with Crippen molar-refractivity contribution in [1.82, 2.24) is 4.90 Å². The summed E-state index contributed by atoms with van der Waals surface area (Å²) >= 11 is 0. The van der Waals surface area contributed by atoms with E-state index in [0.717, 1.165) is 19.5 Å². The van der Waals surface area contributed by atoms with E-state index < -0.39 is 0 Å². The molecule has 0 rings (SSSR count). The van der Waals surface area contributed by atoms with E-state index >= 15 is 0 Å². The lowest BCUT2D eigenvalue weighted by Gasteiger charge is -2.22. The first-order valence-corrected chi connectivity index (χ1v) is 7.36. The number of hydrogen-bond donors (Lipinski definition) is 0. The molecular formula is C15H29NO3. The van der Waals surface area contributed by atoms with E-state index in [0.29, 0.717) is 25.4 Å². The molecule has 0 saturated carbocycles. The molecule has 0 N–H and O–H groups in total. The summed E-state index contributed by atoms with van der Waals surface area (Å²) in [6.07, 6.45) is 1.78. The highest BCUT2D eigenvalue weighted by Gasteiger charge is 2.19. The third-order valence-electron chi connectivity index (χ3n) is 3.24. The summed E-state index contributed by atoms with van der Waals surface area (Å²) in [6.45, 7) is 11.9. The van der Waals surface area contributed by atoms with Crippen LogP contribution in [0.2, 0.25) is 0 Å². The van der Waals surface area contributed by atoms with Gasteiger partial charge in [0.25, 0.3) is 0 Å². The molecule has 112 valence electrons. The Hall–Kier alpha value is -1.06.